The summed E-state index contributed by atoms with van der Waals surface area (Å²) in [5, 5.41) is 0. The molecule has 2 atom stereocenters. The van der Waals surface area contributed by atoms with Crippen molar-refractivity contribution in [1.29, 1.82) is 0 Å². The molecule has 1 saturated heterocycles. The fourth-order valence-corrected chi connectivity index (χ4v) is 2.58. The van der Waals surface area contributed by atoms with Crippen LogP contribution in [0.2, 0.25) is 0 Å². The SMILES string of the molecule is Cc1ncc(C(N)=S)c(N2CC(C)CCC2C)n1. The zero-order valence-corrected chi connectivity index (χ0v) is 12.0. The third-order valence-electron chi connectivity index (χ3n) is 3.54. The first-order valence-corrected chi connectivity index (χ1v) is 6.80. The van der Waals surface area contributed by atoms with Crippen molar-refractivity contribution in [3.63, 3.8) is 0 Å². The summed E-state index contributed by atoms with van der Waals surface area (Å²) in [6.07, 6.45) is 4.19. The molecule has 0 saturated carbocycles. The lowest BCUT2D eigenvalue weighted by Crippen LogP contribution is -2.42. The van der Waals surface area contributed by atoms with Gasteiger partial charge < -0.3 is 10.6 Å². The molecular formula is C13H20N4S. The van der Waals surface area contributed by atoms with Crippen LogP contribution in [0, 0.1) is 12.8 Å². The molecule has 1 aliphatic rings. The summed E-state index contributed by atoms with van der Waals surface area (Å²) in [7, 11) is 0. The maximum absolute atomic E-state index is 5.78. The number of piperidine rings is 1. The van der Waals surface area contributed by atoms with E-state index in [-0.39, 0.29) is 0 Å². The Morgan fingerprint density at radius 1 is 1.44 bits per heavy atom. The summed E-state index contributed by atoms with van der Waals surface area (Å²) in [6.45, 7) is 7.40. The van der Waals surface area contributed by atoms with E-state index in [0.717, 1.165) is 23.8 Å². The lowest BCUT2D eigenvalue weighted by Gasteiger charge is -2.38. The fourth-order valence-electron chi connectivity index (χ4n) is 2.43. The highest BCUT2D eigenvalue weighted by atomic mass is 32.1. The van der Waals surface area contributed by atoms with Crippen LogP contribution in [0.4, 0.5) is 5.82 Å². The maximum atomic E-state index is 5.78. The lowest BCUT2D eigenvalue weighted by atomic mass is 9.95. The van der Waals surface area contributed by atoms with Crippen LogP contribution in [0.5, 0.6) is 0 Å². The molecule has 0 amide bonds. The molecule has 2 rings (SSSR count). The third-order valence-corrected chi connectivity index (χ3v) is 3.76. The minimum atomic E-state index is 0.371. The molecule has 5 heteroatoms. The van der Waals surface area contributed by atoms with Crippen LogP contribution < -0.4 is 10.6 Å². The monoisotopic (exact) mass is 264 g/mol. The van der Waals surface area contributed by atoms with Crippen LogP contribution in [-0.2, 0) is 0 Å². The molecule has 0 radical (unpaired) electrons. The van der Waals surface area contributed by atoms with Gasteiger partial charge in [0.15, 0.2) is 0 Å². The van der Waals surface area contributed by atoms with Crippen LogP contribution in [0.15, 0.2) is 6.20 Å². The van der Waals surface area contributed by atoms with Gasteiger partial charge in [-0.25, -0.2) is 9.97 Å². The first-order chi connectivity index (χ1) is 8.49. The van der Waals surface area contributed by atoms with E-state index in [1.54, 1.807) is 6.20 Å². The molecule has 0 bridgehead atoms. The van der Waals surface area contributed by atoms with Gasteiger partial charge in [-0.05, 0) is 32.6 Å². The number of nitrogens with two attached hydrogens (primary N) is 1. The van der Waals surface area contributed by atoms with Crippen molar-refractivity contribution in [1.82, 2.24) is 9.97 Å². The van der Waals surface area contributed by atoms with E-state index in [0.29, 0.717) is 16.9 Å². The maximum Gasteiger partial charge on any atom is 0.142 e. The molecule has 2 heterocycles. The van der Waals surface area contributed by atoms with E-state index in [9.17, 15) is 0 Å². The standard InChI is InChI=1S/C13H20N4S/c1-8-4-5-9(2)17(7-8)13-11(12(14)18)6-15-10(3)16-13/h6,8-9H,4-5,7H2,1-3H3,(H2,14,18). The van der Waals surface area contributed by atoms with Crippen LogP contribution in [0.3, 0.4) is 0 Å². The lowest BCUT2D eigenvalue weighted by molar-refractivity contribution is 0.387. The number of thiocarbonyl (C=S) groups is 1. The summed E-state index contributed by atoms with van der Waals surface area (Å²) >= 11 is 5.10. The van der Waals surface area contributed by atoms with E-state index in [1.165, 1.54) is 12.8 Å². The van der Waals surface area contributed by atoms with Crippen LogP contribution in [-0.4, -0.2) is 27.5 Å². The second-order valence-corrected chi connectivity index (χ2v) is 5.64. The molecule has 4 nitrogen and oxygen atoms in total. The normalized spacial score (nSPS) is 24.1. The summed E-state index contributed by atoms with van der Waals surface area (Å²) < 4.78 is 0. The Kier molecular flexibility index (Phi) is 3.80. The van der Waals surface area contributed by atoms with Crippen molar-refractivity contribution in [2.75, 3.05) is 11.4 Å². The van der Waals surface area contributed by atoms with Gasteiger partial charge in [0.05, 0.1) is 5.56 Å². The number of anilines is 1. The Labute approximate surface area is 114 Å². The average Bonchev–Trinajstić information content (AvgIpc) is 2.31. The smallest absolute Gasteiger partial charge is 0.142 e. The first-order valence-electron chi connectivity index (χ1n) is 6.39. The van der Waals surface area contributed by atoms with Crippen molar-refractivity contribution in [3.05, 3.63) is 17.6 Å². The molecule has 1 aliphatic heterocycles. The van der Waals surface area contributed by atoms with Gasteiger partial charge in [-0.2, -0.15) is 0 Å². The van der Waals surface area contributed by atoms with E-state index in [1.807, 2.05) is 6.92 Å². The van der Waals surface area contributed by atoms with Crippen molar-refractivity contribution >= 4 is 23.0 Å². The molecule has 1 aromatic rings. The van der Waals surface area contributed by atoms with E-state index in [4.69, 9.17) is 18.0 Å². The van der Waals surface area contributed by atoms with Gasteiger partial charge in [0.1, 0.15) is 16.6 Å². The second kappa shape index (κ2) is 5.18. The van der Waals surface area contributed by atoms with Gasteiger partial charge in [-0.3, -0.25) is 0 Å². The van der Waals surface area contributed by atoms with E-state index >= 15 is 0 Å². The Bertz CT molecular complexity index is 460. The van der Waals surface area contributed by atoms with Crippen LogP contribution >= 0.6 is 12.2 Å². The van der Waals surface area contributed by atoms with Crippen molar-refractivity contribution in [2.24, 2.45) is 11.7 Å². The van der Waals surface area contributed by atoms with Crippen LogP contribution in [0.25, 0.3) is 0 Å². The molecule has 0 aromatic carbocycles. The summed E-state index contributed by atoms with van der Waals surface area (Å²) in [5.41, 5.74) is 6.56. The molecular weight excluding hydrogens is 244 g/mol. The predicted octanol–water partition coefficient (Wildman–Crippen LogP) is 2.04. The highest BCUT2D eigenvalue weighted by Crippen LogP contribution is 2.28. The molecule has 18 heavy (non-hydrogen) atoms. The summed E-state index contributed by atoms with van der Waals surface area (Å²) in [5.74, 6) is 2.33. The van der Waals surface area contributed by atoms with Gasteiger partial charge >= 0.3 is 0 Å². The van der Waals surface area contributed by atoms with Crippen molar-refractivity contribution in [2.45, 2.75) is 39.7 Å². The second-order valence-electron chi connectivity index (χ2n) is 5.20. The molecule has 1 fully saturated rings. The number of nitrogens with zero attached hydrogens (tertiary/aromatic N) is 3. The molecule has 2 unspecified atom stereocenters. The summed E-state index contributed by atoms with van der Waals surface area (Å²) in [4.78, 5) is 11.4. The number of hydrogen-bond acceptors (Lipinski definition) is 4. The number of aryl methyl sites for hydroxylation is 1. The molecule has 98 valence electrons. The Balaban J connectivity index is 2.41. The topological polar surface area (TPSA) is 55.0 Å². The first kappa shape index (κ1) is 13.2. The Morgan fingerprint density at radius 3 is 2.83 bits per heavy atom. The van der Waals surface area contributed by atoms with Gasteiger partial charge in [0.25, 0.3) is 0 Å². The largest absolute Gasteiger partial charge is 0.389 e. The minimum absolute atomic E-state index is 0.371. The highest BCUT2D eigenvalue weighted by Gasteiger charge is 2.26. The zero-order chi connectivity index (χ0) is 13.3. The van der Waals surface area contributed by atoms with Crippen molar-refractivity contribution in [3.8, 4) is 0 Å². The van der Waals surface area contributed by atoms with Crippen LogP contribution in [0.1, 0.15) is 38.1 Å². The zero-order valence-electron chi connectivity index (χ0n) is 11.2. The quantitative estimate of drug-likeness (QED) is 0.829. The highest BCUT2D eigenvalue weighted by molar-refractivity contribution is 7.80. The minimum Gasteiger partial charge on any atom is -0.389 e. The van der Waals surface area contributed by atoms with Gasteiger partial charge in [0.2, 0.25) is 0 Å². The summed E-state index contributed by atoms with van der Waals surface area (Å²) in [6, 6.07) is 0.476. The number of hydrogen-bond donors (Lipinski definition) is 1. The van der Waals surface area contributed by atoms with Gasteiger partial charge in [-0.15, -0.1) is 0 Å². The van der Waals surface area contributed by atoms with Gasteiger partial charge in [-0.1, -0.05) is 19.1 Å². The van der Waals surface area contributed by atoms with E-state index in [2.05, 4.69) is 28.7 Å². The fraction of sp³-hybridized carbons (Fsp3) is 0.615. The van der Waals surface area contributed by atoms with E-state index < -0.39 is 0 Å². The number of aromatic nitrogens is 2. The predicted molar refractivity (Wildman–Crippen MR) is 77.9 cm³/mol. The van der Waals surface area contributed by atoms with Gasteiger partial charge in [0, 0.05) is 18.8 Å². The average molecular weight is 264 g/mol. The number of rotatable bonds is 2. The molecule has 0 aliphatic carbocycles. The molecule has 2 N–H and O–H groups in total. The molecule has 0 spiro atoms. The molecule has 1 aromatic heterocycles. The Hall–Kier alpha value is -1.23. The third kappa shape index (κ3) is 2.61. The van der Waals surface area contributed by atoms with Crippen molar-refractivity contribution < 1.29 is 0 Å². The Morgan fingerprint density at radius 2 is 2.17 bits per heavy atom.